The lowest BCUT2D eigenvalue weighted by Crippen LogP contribution is -2.23. The van der Waals surface area contributed by atoms with E-state index in [-0.39, 0.29) is 0 Å². The zero-order chi connectivity index (χ0) is 11.9. The number of imidazole rings is 1. The van der Waals surface area contributed by atoms with Crippen LogP contribution in [0.3, 0.4) is 0 Å². The van der Waals surface area contributed by atoms with E-state index in [4.69, 9.17) is 5.26 Å². The highest BCUT2D eigenvalue weighted by atomic mass is 19.5. The molecule has 0 N–H and O–H groups in total. The summed E-state index contributed by atoms with van der Waals surface area (Å²) in [5.74, 6) is 0. The Hall–Kier alpha value is -1.52. The van der Waals surface area contributed by atoms with E-state index < -0.39 is 7.25 Å². The molecular weight excluding hydrogens is 213 g/mol. The molecule has 15 heavy (non-hydrogen) atoms. The Labute approximate surface area is 84.7 Å². The fraction of sp³-hybridized carbons (Fsp3) is 0.429. The summed E-state index contributed by atoms with van der Waals surface area (Å²) in [7, 11) is -4.04. The Balaban J connectivity index is 0.000000336. The molecule has 0 spiro atoms. The first kappa shape index (κ1) is 13.5. The molecule has 0 unspecified atom stereocenters. The van der Waals surface area contributed by atoms with E-state index in [1.165, 1.54) is 0 Å². The number of aromatic nitrogens is 2. The zero-order valence-corrected chi connectivity index (χ0v) is 8.08. The van der Waals surface area contributed by atoms with E-state index in [0.29, 0.717) is 6.42 Å². The predicted molar refractivity (Wildman–Crippen MR) is 46.0 cm³/mol. The maximum absolute atomic E-state index is 9.75. The van der Waals surface area contributed by atoms with Crippen molar-refractivity contribution in [2.75, 3.05) is 0 Å². The molecule has 3 nitrogen and oxygen atoms in total. The lowest BCUT2D eigenvalue weighted by atomic mass is 10.3. The summed E-state index contributed by atoms with van der Waals surface area (Å²) in [6.07, 6.45) is 6.45. The van der Waals surface area contributed by atoms with Gasteiger partial charge in [0, 0.05) is 0 Å². The van der Waals surface area contributed by atoms with Crippen molar-refractivity contribution >= 4 is 7.25 Å². The van der Waals surface area contributed by atoms with Crippen LogP contribution in [0.25, 0.3) is 0 Å². The molecule has 0 saturated carbocycles. The molecule has 0 radical (unpaired) electrons. The van der Waals surface area contributed by atoms with E-state index in [1.807, 2.05) is 34.9 Å². The van der Waals surface area contributed by atoms with Crippen molar-refractivity contribution in [2.45, 2.75) is 13.0 Å². The van der Waals surface area contributed by atoms with Crippen LogP contribution in [-0.2, 0) is 13.6 Å². The summed E-state index contributed by atoms with van der Waals surface area (Å²) >= 11 is 0. The summed E-state index contributed by atoms with van der Waals surface area (Å²) in [5.41, 5.74) is 0. The molecule has 0 amide bonds. The molecular formula is C7H10BF4N3. The van der Waals surface area contributed by atoms with Crippen LogP contribution in [0.1, 0.15) is 6.42 Å². The van der Waals surface area contributed by atoms with Gasteiger partial charge in [0.25, 0.3) is 0 Å². The number of nitriles is 1. The SMILES string of the molecule is C[n+]1ccn(CCC#N)c1.F[B-](F)(F)F. The van der Waals surface area contributed by atoms with E-state index in [0.717, 1.165) is 6.54 Å². The van der Waals surface area contributed by atoms with Crippen LogP contribution in [0, 0.1) is 11.3 Å². The second-order valence-corrected chi connectivity index (χ2v) is 2.72. The van der Waals surface area contributed by atoms with Crippen molar-refractivity contribution in [3.63, 3.8) is 0 Å². The summed E-state index contributed by atoms with van der Waals surface area (Å²) in [4.78, 5) is 0. The first-order valence-electron chi connectivity index (χ1n) is 4.08. The van der Waals surface area contributed by atoms with Crippen LogP contribution in [0.15, 0.2) is 18.7 Å². The molecule has 84 valence electrons. The molecule has 0 saturated heterocycles. The average Bonchev–Trinajstić information content (AvgIpc) is 2.45. The number of rotatable bonds is 2. The van der Waals surface area contributed by atoms with Crippen LogP contribution in [0.5, 0.6) is 0 Å². The summed E-state index contributed by atoms with van der Waals surface area (Å²) in [5, 5.41) is 8.26. The maximum atomic E-state index is 9.75. The Kier molecular flexibility index (Phi) is 5.45. The lowest BCUT2D eigenvalue weighted by molar-refractivity contribution is -0.671. The Bertz CT molecular complexity index is 322. The molecule has 0 aliphatic heterocycles. The van der Waals surface area contributed by atoms with Crippen LogP contribution in [0.2, 0.25) is 0 Å². The average molecular weight is 223 g/mol. The van der Waals surface area contributed by atoms with E-state index in [1.54, 1.807) is 0 Å². The van der Waals surface area contributed by atoms with Crippen molar-refractivity contribution in [1.82, 2.24) is 4.57 Å². The van der Waals surface area contributed by atoms with Crippen LogP contribution in [-0.4, -0.2) is 11.8 Å². The number of hydrogen-bond donors (Lipinski definition) is 0. The highest BCUT2D eigenvalue weighted by molar-refractivity contribution is 6.50. The fourth-order valence-electron chi connectivity index (χ4n) is 0.813. The van der Waals surface area contributed by atoms with Gasteiger partial charge in [0.2, 0.25) is 6.33 Å². The zero-order valence-electron chi connectivity index (χ0n) is 8.08. The minimum atomic E-state index is -6.00. The van der Waals surface area contributed by atoms with Crippen LogP contribution >= 0.6 is 0 Å². The van der Waals surface area contributed by atoms with Gasteiger partial charge in [-0.1, -0.05) is 0 Å². The van der Waals surface area contributed by atoms with Gasteiger partial charge in [-0.2, -0.15) is 5.26 Å². The highest BCUT2D eigenvalue weighted by Crippen LogP contribution is 2.06. The first-order valence-corrected chi connectivity index (χ1v) is 4.08. The summed E-state index contributed by atoms with van der Waals surface area (Å²) in [6, 6.07) is 2.10. The molecule has 1 heterocycles. The van der Waals surface area contributed by atoms with Gasteiger partial charge in [-0.3, -0.25) is 0 Å². The topological polar surface area (TPSA) is 32.6 Å². The van der Waals surface area contributed by atoms with Gasteiger partial charge in [0.1, 0.15) is 18.9 Å². The number of hydrogen-bond acceptors (Lipinski definition) is 1. The standard InChI is InChI=1S/C7H10N3.BF4/c1-9-5-6-10(7-9)4-2-3-8;2-1(3,4)5/h5-7H,2,4H2,1H3;/q+1;-1. The Morgan fingerprint density at radius 1 is 1.40 bits per heavy atom. The molecule has 0 aliphatic carbocycles. The molecule has 0 fully saturated rings. The van der Waals surface area contributed by atoms with Gasteiger partial charge in [-0.15, -0.1) is 0 Å². The monoisotopic (exact) mass is 223 g/mol. The Morgan fingerprint density at radius 2 is 1.93 bits per heavy atom. The molecule has 0 atom stereocenters. The van der Waals surface area contributed by atoms with E-state index in [9.17, 15) is 17.3 Å². The van der Waals surface area contributed by atoms with Crippen molar-refractivity contribution in [3.8, 4) is 6.07 Å². The second-order valence-electron chi connectivity index (χ2n) is 2.72. The van der Waals surface area contributed by atoms with Crippen LogP contribution in [0.4, 0.5) is 17.3 Å². The van der Waals surface area contributed by atoms with E-state index >= 15 is 0 Å². The largest absolute Gasteiger partial charge is 0.673 e. The van der Waals surface area contributed by atoms with Gasteiger partial charge < -0.3 is 17.3 Å². The third-order valence-electron chi connectivity index (χ3n) is 1.31. The van der Waals surface area contributed by atoms with Gasteiger partial charge in [0.15, 0.2) is 0 Å². The second kappa shape index (κ2) is 6.06. The van der Waals surface area contributed by atoms with Gasteiger partial charge in [-0.25, -0.2) is 9.13 Å². The fourth-order valence-corrected chi connectivity index (χ4v) is 0.813. The quantitative estimate of drug-likeness (QED) is 0.425. The molecule has 0 aromatic carbocycles. The molecule has 8 heteroatoms. The van der Waals surface area contributed by atoms with Crippen molar-refractivity contribution < 1.29 is 21.8 Å². The first-order chi connectivity index (χ1) is 6.83. The lowest BCUT2D eigenvalue weighted by Gasteiger charge is -1.94. The smallest absolute Gasteiger partial charge is 0.418 e. The van der Waals surface area contributed by atoms with Crippen molar-refractivity contribution in [1.29, 1.82) is 5.26 Å². The van der Waals surface area contributed by atoms with Crippen LogP contribution < -0.4 is 4.57 Å². The Morgan fingerprint density at radius 3 is 2.27 bits per heavy atom. The van der Waals surface area contributed by atoms with Crippen molar-refractivity contribution in [3.05, 3.63) is 18.7 Å². The summed E-state index contributed by atoms with van der Waals surface area (Å²) < 4.78 is 42.9. The molecule has 0 bridgehead atoms. The molecule has 1 rings (SSSR count). The molecule has 0 aliphatic rings. The van der Waals surface area contributed by atoms with Gasteiger partial charge in [-0.05, 0) is 0 Å². The molecule has 1 aromatic rings. The maximum Gasteiger partial charge on any atom is 0.673 e. The summed E-state index contributed by atoms with van der Waals surface area (Å²) in [6.45, 7) is 0.789. The third kappa shape index (κ3) is 10.4. The predicted octanol–water partition coefficient (Wildman–Crippen LogP) is 1.53. The number of aryl methyl sites for hydroxylation is 2. The number of nitrogens with zero attached hydrogens (tertiary/aromatic N) is 3. The highest BCUT2D eigenvalue weighted by Gasteiger charge is 2.20. The normalized spacial score (nSPS) is 10.1. The van der Waals surface area contributed by atoms with Crippen molar-refractivity contribution in [2.24, 2.45) is 7.05 Å². The minimum Gasteiger partial charge on any atom is -0.418 e. The third-order valence-corrected chi connectivity index (χ3v) is 1.31. The van der Waals surface area contributed by atoms with E-state index in [2.05, 4.69) is 6.07 Å². The minimum absolute atomic E-state index is 0.578. The molecule has 1 aromatic heterocycles. The van der Waals surface area contributed by atoms with Gasteiger partial charge >= 0.3 is 7.25 Å². The number of halogens is 4. The van der Waals surface area contributed by atoms with Gasteiger partial charge in [0.05, 0.1) is 19.5 Å².